The second-order valence-electron chi connectivity index (χ2n) is 3.07. The van der Waals surface area contributed by atoms with Crippen LogP contribution >= 0.6 is 0 Å². The van der Waals surface area contributed by atoms with E-state index in [0.717, 1.165) is 0 Å². The molecule has 0 aromatic rings. The highest BCUT2D eigenvalue weighted by Gasteiger charge is 2.40. The third-order valence-corrected chi connectivity index (χ3v) is 2.19. The normalized spacial score (nSPS) is 50.3. The molecule has 5 heteroatoms. The molecule has 0 amide bonds. The Morgan fingerprint density at radius 3 is 2.58 bits per heavy atom. The first kappa shape index (κ1) is 8.40. The summed E-state index contributed by atoms with van der Waals surface area (Å²) in [5.41, 5.74) is 0. The molecule has 1 saturated heterocycles. The van der Waals surface area contributed by atoms with Crippen LogP contribution in [0.1, 0.15) is 6.92 Å². The van der Waals surface area contributed by atoms with E-state index in [9.17, 15) is 10.2 Å². The van der Waals surface area contributed by atoms with E-state index in [1.54, 1.807) is 6.92 Å². The molecule has 1 heterocycles. The van der Waals surface area contributed by atoms with Crippen molar-refractivity contribution >= 4 is 0 Å². The minimum atomic E-state index is -1.13. The maximum atomic E-state index is 9.44. The number of aliphatic hydroxyl groups excluding tert-OH is 4. The van der Waals surface area contributed by atoms with E-state index >= 15 is 0 Å². The van der Waals surface area contributed by atoms with Gasteiger partial charge >= 0.3 is 0 Å². The van der Waals surface area contributed by atoms with Gasteiger partial charge in [0.15, 0.2) is 6.29 Å². The lowest BCUT2D eigenvalue weighted by Gasteiger charge is -2.38. The van der Waals surface area contributed by atoms with Gasteiger partial charge in [-0.2, -0.15) is 0 Å². The number of ether oxygens (including phenoxy) is 1. The molecule has 1 rings (SSSR count). The van der Waals surface area contributed by atoms with Gasteiger partial charge in [-0.3, -0.25) is 0 Å². The second kappa shape index (κ2) is 3.68. The van der Waals surface area contributed by atoms with E-state index in [0.29, 0.717) is 0 Å². The summed E-state index contributed by atoms with van der Waals surface area (Å²) < 4.78 is 11.7. The Balaban J connectivity index is 2.66. The summed E-state index contributed by atoms with van der Waals surface area (Å²) in [6.45, 7) is 1.19. The Morgan fingerprint density at radius 2 is 2.08 bits per heavy atom. The van der Waals surface area contributed by atoms with Crippen LogP contribution < -0.4 is 0 Å². The summed E-state index contributed by atoms with van der Waals surface area (Å²) in [6, 6.07) is 0. The summed E-state index contributed by atoms with van der Waals surface area (Å²) in [5, 5.41) is 31.8. The zero-order valence-corrected chi connectivity index (χ0v) is 6.75. The van der Waals surface area contributed by atoms with Gasteiger partial charge in [-0.15, -0.1) is 0 Å². The van der Waals surface area contributed by atoms with E-state index in [2.05, 4.69) is 5.11 Å². The van der Waals surface area contributed by atoms with E-state index in [1.807, 2.05) is 0 Å². The number of aliphatic hydroxyl groups is 4. The Labute approximate surface area is 71.7 Å². The first-order chi connectivity index (χ1) is 6.11. The molecule has 0 aromatic heterocycles. The molecule has 0 saturated carbocycles. The van der Waals surface area contributed by atoms with Crippen LogP contribution in [0.3, 0.4) is 0 Å². The molecule has 5 nitrogen and oxygen atoms in total. The molecule has 0 bridgehead atoms. The van der Waals surface area contributed by atoms with Crippen LogP contribution in [-0.4, -0.2) is 53.1 Å². The van der Waals surface area contributed by atoms with Gasteiger partial charge in [0.05, 0.1) is 12.7 Å². The highest BCUT2D eigenvalue weighted by atomic mass is 16.6. The van der Waals surface area contributed by atoms with Gasteiger partial charge in [-0.25, -0.2) is 0 Å². The third kappa shape index (κ3) is 1.60. The molecule has 5 atom stereocenters. The molecule has 2 unspecified atom stereocenters. The van der Waals surface area contributed by atoms with Crippen molar-refractivity contribution in [3.63, 3.8) is 0 Å². The standard InChI is InChI=1S/C7H14O5/c1-3-5(9)6(10)4(2-8)12-7(3)11/h3-11H,2H2,1H3/t3?,4?,5-,6+,7+/m1/s1/i11T. The van der Waals surface area contributed by atoms with Crippen LogP contribution in [0.15, 0.2) is 0 Å². The lowest BCUT2D eigenvalue weighted by molar-refractivity contribution is -0.266. The van der Waals surface area contributed by atoms with Gasteiger partial charge in [0.2, 0.25) is 1.43 Å². The zero-order valence-electron chi connectivity index (χ0n) is 7.75. The first-order valence-electron chi connectivity index (χ1n) is 4.27. The second-order valence-corrected chi connectivity index (χ2v) is 3.07. The van der Waals surface area contributed by atoms with E-state index in [-0.39, 0.29) is 0 Å². The van der Waals surface area contributed by atoms with E-state index < -0.39 is 37.1 Å². The minimum Gasteiger partial charge on any atom is -0.394 e. The van der Waals surface area contributed by atoms with Crippen molar-refractivity contribution in [3.8, 4) is 0 Å². The maximum absolute atomic E-state index is 9.44. The van der Waals surface area contributed by atoms with Gasteiger partial charge in [0, 0.05) is 5.92 Å². The topological polar surface area (TPSA) is 90.2 Å². The van der Waals surface area contributed by atoms with Gasteiger partial charge < -0.3 is 25.2 Å². The van der Waals surface area contributed by atoms with Gasteiger partial charge in [-0.05, 0) is 0 Å². The Morgan fingerprint density at radius 1 is 1.42 bits per heavy atom. The lowest BCUT2D eigenvalue weighted by Crippen LogP contribution is -2.54. The largest absolute Gasteiger partial charge is 0.394 e. The van der Waals surface area contributed by atoms with Crippen LogP contribution in [0, 0.1) is 5.92 Å². The molecule has 0 spiro atoms. The van der Waals surface area contributed by atoms with E-state index in [4.69, 9.17) is 11.3 Å². The van der Waals surface area contributed by atoms with Crippen molar-refractivity contribution in [2.24, 2.45) is 5.92 Å². The number of hydrogen-bond donors (Lipinski definition) is 4. The summed E-state index contributed by atoms with van der Waals surface area (Å²) in [6.07, 6.45) is -3.97. The highest BCUT2D eigenvalue weighted by Crippen LogP contribution is 2.23. The van der Waals surface area contributed by atoms with Crippen molar-refractivity contribution in [2.45, 2.75) is 31.5 Å². The van der Waals surface area contributed by atoms with Crippen molar-refractivity contribution in [2.75, 3.05) is 6.61 Å². The number of hydrogen-bond acceptors (Lipinski definition) is 5. The molecule has 1 aliphatic rings. The molecular weight excluding hydrogens is 164 g/mol. The average Bonchev–Trinajstić information content (AvgIpc) is 2.15. The minimum absolute atomic E-state index is 0.412. The lowest BCUT2D eigenvalue weighted by atomic mass is 9.93. The van der Waals surface area contributed by atoms with Gasteiger partial charge in [0.25, 0.3) is 0 Å². The first-order valence-corrected chi connectivity index (χ1v) is 3.86. The Kier molecular flexibility index (Phi) is 2.57. The molecule has 0 aliphatic carbocycles. The van der Waals surface area contributed by atoms with Crippen LogP contribution in [0.2, 0.25) is 0 Å². The molecule has 0 radical (unpaired) electrons. The van der Waals surface area contributed by atoms with Crippen molar-refractivity contribution in [1.82, 2.24) is 0 Å². The van der Waals surface area contributed by atoms with Gasteiger partial charge in [0.1, 0.15) is 12.2 Å². The summed E-state index contributed by atoms with van der Waals surface area (Å²) in [5.74, 6) is -0.490. The monoisotopic (exact) mass is 180 g/mol. The molecule has 4 N–H and O–H groups in total. The zero-order chi connectivity index (χ0) is 10.0. The smallest absolute Gasteiger partial charge is 0.213 e. The molecule has 12 heavy (non-hydrogen) atoms. The quantitative estimate of drug-likeness (QED) is 0.397. The van der Waals surface area contributed by atoms with Crippen LogP contribution in [-0.2, 0) is 4.74 Å². The fourth-order valence-corrected chi connectivity index (χ4v) is 1.22. The summed E-state index contributed by atoms with van der Waals surface area (Å²) in [4.78, 5) is 0. The molecule has 1 fully saturated rings. The molecular formula is C7H14O5. The Bertz CT molecular complexity index is 147. The van der Waals surface area contributed by atoms with Crippen molar-refractivity contribution in [1.29, 1.82) is 1.43 Å². The van der Waals surface area contributed by atoms with Gasteiger partial charge in [-0.1, -0.05) is 6.92 Å². The van der Waals surface area contributed by atoms with Crippen molar-refractivity contribution in [3.05, 3.63) is 0 Å². The maximum Gasteiger partial charge on any atom is 0.213 e. The molecule has 1 aliphatic heterocycles. The van der Waals surface area contributed by atoms with Crippen LogP contribution in [0.25, 0.3) is 0 Å². The SMILES string of the molecule is [3H]O[C@H]1OC(CO)[C@H](O)[C@H](O)C1C. The predicted octanol–water partition coefficient (Wildman–Crippen LogP) is -1.95. The predicted molar refractivity (Wildman–Crippen MR) is 39.1 cm³/mol. The highest BCUT2D eigenvalue weighted by molar-refractivity contribution is 4.86. The third-order valence-electron chi connectivity index (χ3n) is 2.19. The Hall–Kier alpha value is -0.200. The van der Waals surface area contributed by atoms with Crippen LogP contribution in [0.5, 0.6) is 0 Å². The van der Waals surface area contributed by atoms with Crippen LogP contribution in [0.4, 0.5) is 0 Å². The fraction of sp³-hybridized carbons (Fsp3) is 1.00. The molecule has 72 valence electrons. The fourth-order valence-electron chi connectivity index (χ4n) is 1.22. The summed E-state index contributed by atoms with van der Waals surface area (Å²) in [7, 11) is 0. The number of rotatable bonds is 2. The molecule has 0 aromatic carbocycles. The summed E-state index contributed by atoms with van der Waals surface area (Å²) >= 11 is 0. The average molecular weight is 180 g/mol. The van der Waals surface area contributed by atoms with E-state index in [1.165, 1.54) is 0 Å². The van der Waals surface area contributed by atoms with Crippen molar-refractivity contribution < 1.29 is 25.2 Å².